The number of carbonyl (C=O) groups is 1. The first kappa shape index (κ1) is 32.2. The largest absolute Gasteiger partial charge is 0.454 e. The predicted molar refractivity (Wildman–Crippen MR) is 132 cm³/mol. The van der Waals surface area contributed by atoms with Crippen LogP contribution in [0.25, 0.3) is 0 Å². The summed E-state index contributed by atoms with van der Waals surface area (Å²) in [6.07, 6.45) is 7.58. The Balaban J connectivity index is 2.12. The van der Waals surface area contributed by atoms with E-state index in [0.717, 1.165) is 64.2 Å². The fourth-order valence-corrected chi connectivity index (χ4v) is 4.25. The lowest BCUT2D eigenvalue weighted by atomic mass is 10.0. The van der Waals surface area contributed by atoms with Gasteiger partial charge in [0.25, 0.3) is 0 Å². The minimum absolute atomic E-state index is 0.151. The van der Waals surface area contributed by atoms with Crippen LogP contribution in [0.2, 0.25) is 0 Å². The van der Waals surface area contributed by atoms with Crippen LogP contribution in [0, 0.1) is 0 Å². The van der Waals surface area contributed by atoms with Crippen LogP contribution in [0.4, 0.5) is 0 Å². The SMILES string of the molecule is CCCCCCC(O)CCCCCCCCCCC(=O)O[C@@H](C1OCCO1)[C@@H](O)[C@H](O)[C@H](O)CO. The number of ether oxygens (including phenoxy) is 3. The highest BCUT2D eigenvalue weighted by Crippen LogP contribution is 2.20. The molecule has 5 N–H and O–H groups in total. The third kappa shape index (κ3) is 14.5. The third-order valence-corrected chi connectivity index (χ3v) is 6.51. The van der Waals surface area contributed by atoms with Crippen LogP contribution >= 0.6 is 0 Å². The smallest absolute Gasteiger partial charge is 0.306 e. The van der Waals surface area contributed by atoms with E-state index in [9.17, 15) is 25.2 Å². The molecule has 0 aromatic heterocycles. The number of hydrogen-bond acceptors (Lipinski definition) is 9. The number of hydrogen-bond donors (Lipinski definition) is 5. The molecule has 9 nitrogen and oxygen atoms in total. The number of esters is 1. The van der Waals surface area contributed by atoms with Gasteiger partial charge in [-0.15, -0.1) is 0 Å². The van der Waals surface area contributed by atoms with E-state index < -0.39 is 43.3 Å². The van der Waals surface area contributed by atoms with Crippen LogP contribution in [0.3, 0.4) is 0 Å². The monoisotopic (exact) mass is 506 g/mol. The molecule has 1 aliphatic heterocycles. The maximum Gasteiger partial charge on any atom is 0.306 e. The molecular weight excluding hydrogens is 456 g/mol. The Morgan fingerprint density at radius 2 is 1.31 bits per heavy atom. The van der Waals surface area contributed by atoms with Gasteiger partial charge in [-0.2, -0.15) is 0 Å². The van der Waals surface area contributed by atoms with Crippen LogP contribution in [0.5, 0.6) is 0 Å². The van der Waals surface area contributed by atoms with Crippen LogP contribution in [0.15, 0.2) is 0 Å². The summed E-state index contributed by atoms with van der Waals surface area (Å²) in [5.74, 6) is -0.535. The maximum atomic E-state index is 12.3. The highest BCUT2D eigenvalue weighted by molar-refractivity contribution is 5.69. The lowest BCUT2D eigenvalue weighted by molar-refractivity contribution is -0.210. The van der Waals surface area contributed by atoms with Crippen LogP contribution < -0.4 is 0 Å². The second kappa shape index (κ2) is 20.3. The Morgan fingerprint density at radius 1 is 0.800 bits per heavy atom. The molecule has 0 aromatic carbocycles. The van der Waals surface area contributed by atoms with Gasteiger partial charge in [0.2, 0.25) is 0 Å². The van der Waals surface area contributed by atoms with Gasteiger partial charge in [-0.1, -0.05) is 77.6 Å². The molecule has 1 saturated heterocycles. The number of aliphatic hydroxyl groups excluding tert-OH is 5. The molecule has 0 aromatic rings. The quantitative estimate of drug-likeness (QED) is 0.110. The van der Waals surface area contributed by atoms with Gasteiger partial charge in [-0.3, -0.25) is 4.79 Å². The zero-order valence-corrected chi connectivity index (χ0v) is 21.6. The summed E-state index contributed by atoms with van der Waals surface area (Å²) in [5, 5.41) is 48.9. The highest BCUT2D eigenvalue weighted by atomic mass is 16.7. The van der Waals surface area contributed by atoms with Crippen molar-refractivity contribution in [1.82, 2.24) is 0 Å². The Hall–Kier alpha value is -0.810. The first-order valence-electron chi connectivity index (χ1n) is 13.7. The molecule has 1 rings (SSSR count). The summed E-state index contributed by atoms with van der Waals surface area (Å²) < 4.78 is 15.9. The number of carbonyl (C=O) groups excluding carboxylic acids is 1. The lowest BCUT2D eigenvalue weighted by Crippen LogP contribution is -2.52. The summed E-state index contributed by atoms with van der Waals surface area (Å²) in [6.45, 7) is 1.98. The number of aliphatic hydroxyl groups is 5. The van der Waals surface area contributed by atoms with Crippen molar-refractivity contribution in [2.75, 3.05) is 19.8 Å². The molecule has 9 heteroatoms. The van der Waals surface area contributed by atoms with E-state index in [1.807, 2.05) is 0 Å². The summed E-state index contributed by atoms with van der Waals surface area (Å²) in [6, 6.07) is 0. The minimum atomic E-state index is -1.71. The van der Waals surface area contributed by atoms with Crippen LogP contribution in [-0.4, -0.2) is 88.1 Å². The molecule has 0 amide bonds. The van der Waals surface area contributed by atoms with E-state index in [1.54, 1.807) is 0 Å². The molecule has 208 valence electrons. The van der Waals surface area contributed by atoms with Gasteiger partial charge in [0, 0.05) is 6.42 Å². The molecule has 0 radical (unpaired) electrons. The van der Waals surface area contributed by atoms with Gasteiger partial charge >= 0.3 is 5.97 Å². The van der Waals surface area contributed by atoms with Crippen molar-refractivity contribution >= 4 is 5.97 Å². The minimum Gasteiger partial charge on any atom is -0.454 e. The van der Waals surface area contributed by atoms with Crippen molar-refractivity contribution in [3.8, 4) is 0 Å². The Kier molecular flexibility index (Phi) is 18.7. The van der Waals surface area contributed by atoms with E-state index in [-0.39, 0.29) is 25.7 Å². The van der Waals surface area contributed by atoms with Gasteiger partial charge in [-0.25, -0.2) is 0 Å². The average molecular weight is 507 g/mol. The van der Waals surface area contributed by atoms with Crippen LogP contribution in [-0.2, 0) is 19.0 Å². The third-order valence-electron chi connectivity index (χ3n) is 6.51. The normalized spacial score (nSPS) is 18.8. The molecule has 0 bridgehead atoms. The fraction of sp³-hybridized carbons (Fsp3) is 0.962. The summed E-state index contributed by atoms with van der Waals surface area (Å²) >= 11 is 0. The van der Waals surface area contributed by atoms with Gasteiger partial charge < -0.3 is 39.7 Å². The Labute approximate surface area is 210 Å². The maximum absolute atomic E-state index is 12.3. The van der Waals surface area contributed by atoms with Crippen molar-refractivity contribution in [3.05, 3.63) is 0 Å². The number of unbranched alkanes of at least 4 members (excludes halogenated alkanes) is 10. The zero-order valence-electron chi connectivity index (χ0n) is 21.6. The van der Waals surface area contributed by atoms with Crippen molar-refractivity contribution in [1.29, 1.82) is 0 Å². The van der Waals surface area contributed by atoms with Crippen molar-refractivity contribution < 1.29 is 44.5 Å². The molecule has 0 spiro atoms. The van der Waals surface area contributed by atoms with Gasteiger partial charge in [0.1, 0.15) is 18.3 Å². The average Bonchev–Trinajstić information content (AvgIpc) is 3.39. The van der Waals surface area contributed by atoms with Gasteiger partial charge in [0.15, 0.2) is 12.4 Å². The molecule has 0 saturated carbocycles. The fourth-order valence-electron chi connectivity index (χ4n) is 4.25. The summed E-state index contributed by atoms with van der Waals surface area (Å²) in [5.41, 5.74) is 0. The van der Waals surface area contributed by atoms with E-state index in [0.29, 0.717) is 6.42 Å². The second-order valence-corrected chi connectivity index (χ2v) is 9.67. The van der Waals surface area contributed by atoms with Gasteiger partial charge in [0.05, 0.1) is 25.9 Å². The molecule has 0 aliphatic carbocycles. The Morgan fingerprint density at radius 3 is 1.86 bits per heavy atom. The molecular formula is C26H50O9. The summed E-state index contributed by atoms with van der Waals surface area (Å²) in [7, 11) is 0. The van der Waals surface area contributed by atoms with E-state index in [4.69, 9.17) is 19.3 Å². The molecule has 5 atom stereocenters. The topological polar surface area (TPSA) is 146 Å². The van der Waals surface area contributed by atoms with Crippen LogP contribution in [0.1, 0.15) is 103 Å². The van der Waals surface area contributed by atoms with Crippen molar-refractivity contribution in [2.24, 2.45) is 0 Å². The molecule has 1 aliphatic rings. The number of rotatable bonds is 22. The molecule has 1 fully saturated rings. The standard InChI is InChI=1S/C26H50O9/c1-2-3-4-11-14-20(28)15-12-9-7-5-6-8-10-13-16-22(30)35-25(26-33-17-18-34-26)24(32)23(31)21(29)19-27/h20-21,23-29,31-32H,2-19H2,1H3/t20?,21-,23-,24+,25-/m1/s1. The lowest BCUT2D eigenvalue weighted by Gasteiger charge is -2.31. The first-order chi connectivity index (χ1) is 16.9. The van der Waals surface area contributed by atoms with E-state index in [2.05, 4.69) is 6.92 Å². The molecule has 1 heterocycles. The first-order valence-corrected chi connectivity index (χ1v) is 13.7. The van der Waals surface area contributed by atoms with Gasteiger partial charge in [-0.05, 0) is 19.3 Å². The highest BCUT2D eigenvalue weighted by Gasteiger charge is 2.41. The van der Waals surface area contributed by atoms with E-state index >= 15 is 0 Å². The second-order valence-electron chi connectivity index (χ2n) is 9.67. The van der Waals surface area contributed by atoms with E-state index in [1.165, 1.54) is 19.3 Å². The summed E-state index contributed by atoms with van der Waals surface area (Å²) in [4.78, 5) is 12.3. The van der Waals surface area contributed by atoms with Crippen molar-refractivity contribution in [2.45, 2.75) is 140 Å². The predicted octanol–water partition coefficient (Wildman–Crippen LogP) is 2.58. The van der Waals surface area contributed by atoms with Crippen molar-refractivity contribution in [3.63, 3.8) is 0 Å². The molecule has 35 heavy (non-hydrogen) atoms. The Bertz CT molecular complexity index is 513. The molecule has 1 unspecified atom stereocenters. The zero-order chi connectivity index (χ0) is 25.9.